The van der Waals surface area contributed by atoms with Gasteiger partial charge in [-0.1, -0.05) is 19.8 Å². The van der Waals surface area contributed by atoms with Gasteiger partial charge >= 0.3 is 0 Å². The topological polar surface area (TPSA) is 61.8 Å². The number of ether oxygens (including phenoxy) is 1. The van der Waals surface area contributed by atoms with Gasteiger partial charge in [0.05, 0.1) is 25.4 Å². The smallest absolute Gasteiger partial charge is 0.234 e. The molecule has 0 bridgehead atoms. The maximum absolute atomic E-state index is 11.9. The van der Waals surface area contributed by atoms with E-state index in [4.69, 9.17) is 4.74 Å². The lowest BCUT2D eigenvalue weighted by Crippen LogP contribution is -2.38. The molecule has 22 heavy (non-hydrogen) atoms. The number of amides is 1. The van der Waals surface area contributed by atoms with E-state index in [0.29, 0.717) is 37.6 Å². The van der Waals surface area contributed by atoms with Crippen LogP contribution in [0.5, 0.6) is 0 Å². The molecule has 1 heterocycles. The lowest BCUT2D eigenvalue weighted by Gasteiger charge is -2.28. The van der Waals surface area contributed by atoms with Crippen molar-refractivity contribution >= 4 is 5.91 Å². The van der Waals surface area contributed by atoms with E-state index in [1.807, 2.05) is 6.92 Å². The Hall–Kier alpha value is -0.650. The number of nitrogens with one attached hydrogen (secondary N) is 1. The van der Waals surface area contributed by atoms with Gasteiger partial charge in [0.1, 0.15) is 0 Å². The van der Waals surface area contributed by atoms with Gasteiger partial charge in [0.15, 0.2) is 0 Å². The van der Waals surface area contributed by atoms with Gasteiger partial charge in [-0.2, -0.15) is 0 Å². The van der Waals surface area contributed by atoms with Gasteiger partial charge in [-0.3, -0.25) is 9.69 Å². The molecule has 1 aliphatic carbocycles. The zero-order valence-corrected chi connectivity index (χ0v) is 14.1. The minimum Gasteiger partial charge on any atom is -0.393 e. The summed E-state index contributed by atoms with van der Waals surface area (Å²) >= 11 is 0. The molecule has 1 saturated heterocycles. The quantitative estimate of drug-likeness (QED) is 0.698. The molecule has 2 N–H and O–H groups in total. The first-order chi connectivity index (χ1) is 10.6. The second-order valence-corrected chi connectivity index (χ2v) is 7.05. The number of carbonyl (C=O) groups is 1. The average molecular weight is 312 g/mol. The van der Waals surface area contributed by atoms with Crippen molar-refractivity contribution in [1.29, 1.82) is 0 Å². The molecule has 4 atom stereocenters. The van der Waals surface area contributed by atoms with E-state index in [0.717, 1.165) is 25.9 Å². The summed E-state index contributed by atoms with van der Waals surface area (Å²) in [5.41, 5.74) is 0. The number of hydrogen-bond donors (Lipinski definition) is 2. The van der Waals surface area contributed by atoms with Crippen LogP contribution in [0.1, 0.15) is 46.0 Å². The zero-order chi connectivity index (χ0) is 15.9. The van der Waals surface area contributed by atoms with Crippen molar-refractivity contribution in [1.82, 2.24) is 10.2 Å². The van der Waals surface area contributed by atoms with E-state index in [1.165, 1.54) is 19.3 Å². The minimum absolute atomic E-state index is 0.0616. The highest BCUT2D eigenvalue weighted by atomic mass is 16.5. The molecular weight excluding hydrogens is 280 g/mol. The van der Waals surface area contributed by atoms with Crippen LogP contribution in [0.3, 0.4) is 0 Å². The lowest BCUT2D eigenvalue weighted by atomic mass is 9.88. The van der Waals surface area contributed by atoms with Gasteiger partial charge in [-0.25, -0.2) is 0 Å². The van der Waals surface area contributed by atoms with E-state index >= 15 is 0 Å². The first-order valence-corrected chi connectivity index (χ1v) is 8.85. The van der Waals surface area contributed by atoms with Gasteiger partial charge < -0.3 is 15.2 Å². The Balaban J connectivity index is 1.54. The third-order valence-electron chi connectivity index (χ3n) is 5.15. The Morgan fingerprint density at radius 3 is 2.82 bits per heavy atom. The van der Waals surface area contributed by atoms with E-state index in [-0.39, 0.29) is 12.0 Å². The monoisotopic (exact) mass is 312 g/mol. The van der Waals surface area contributed by atoms with E-state index in [1.54, 1.807) is 0 Å². The van der Waals surface area contributed by atoms with Crippen molar-refractivity contribution in [3.8, 4) is 0 Å². The summed E-state index contributed by atoms with van der Waals surface area (Å²) in [6.07, 6.45) is 6.07. The third-order valence-corrected chi connectivity index (χ3v) is 5.15. The summed E-state index contributed by atoms with van der Waals surface area (Å²) in [7, 11) is 0. The van der Waals surface area contributed by atoms with Gasteiger partial charge in [-0.05, 0) is 44.6 Å². The molecule has 2 rings (SSSR count). The summed E-state index contributed by atoms with van der Waals surface area (Å²) in [4.78, 5) is 14.0. The zero-order valence-electron chi connectivity index (χ0n) is 14.1. The molecule has 0 aromatic heterocycles. The molecule has 0 radical (unpaired) electrons. The largest absolute Gasteiger partial charge is 0.393 e. The molecule has 1 saturated carbocycles. The van der Waals surface area contributed by atoms with Crippen molar-refractivity contribution in [2.24, 2.45) is 11.8 Å². The predicted octanol–water partition coefficient (Wildman–Crippen LogP) is 1.40. The van der Waals surface area contributed by atoms with Gasteiger partial charge in [-0.15, -0.1) is 0 Å². The Morgan fingerprint density at radius 1 is 1.36 bits per heavy atom. The number of rotatable bonds is 7. The van der Waals surface area contributed by atoms with Crippen molar-refractivity contribution in [2.75, 3.05) is 32.8 Å². The van der Waals surface area contributed by atoms with Crippen molar-refractivity contribution in [2.45, 2.75) is 58.2 Å². The number of likely N-dealkylation sites (tertiary alicyclic amines) is 1. The Morgan fingerprint density at radius 2 is 2.14 bits per heavy atom. The number of aliphatic hydroxyl groups excluding tert-OH is 1. The molecule has 0 spiro atoms. The van der Waals surface area contributed by atoms with Crippen LogP contribution >= 0.6 is 0 Å². The number of aliphatic hydroxyl groups is 1. The van der Waals surface area contributed by atoms with Crippen molar-refractivity contribution < 1.29 is 14.6 Å². The molecule has 2 aliphatic rings. The van der Waals surface area contributed by atoms with Crippen LogP contribution in [0.2, 0.25) is 0 Å². The number of carbonyl (C=O) groups excluding carboxylic acids is 1. The lowest BCUT2D eigenvalue weighted by molar-refractivity contribution is -0.122. The normalized spacial score (nSPS) is 31.1. The fourth-order valence-corrected chi connectivity index (χ4v) is 3.59. The SMILES string of the molecule is CC(O)C1CCN(CC(=O)NCCOC2CCCCC2C)C1. The van der Waals surface area contributed by atoms with Gasteiger partial charge in [0, 0.05) is 13.1 Å². The first kappa shape index (κ1) is 17.7. The van der Waals surface area contributed by atoms with Crippen LogP contribution in [-0.4, -0.2) is 60.9 Å². The fraction of sp³-hybridized carbons (Fsp3) is 0.941. The predicted molar refractivity (Wildman–Crippen MR) is 86.6 cm³/mol. The van der Waals surface area contributed by atoms with Crippen molar-refractivity contribution in [3.05, 3.63) is 0 Å². The Bertz CT molecular complexity index is 349. The molecule has 5 nitrogen and oxygen atoms in total. The maximum atomic E-state index is 11.9. The van der Waals surface area contributed by atoms with Gasteiger partial charge in [0.25, 0.3) is 0 Å². The highest BCUT2D eigenvalue weighted by molar-refractivity contribution is 5.78. The average Bonchev–Trinajstić information content (AvgIpc) is 2.94. The first-order valence-electron chi connectivity index (χ1n) is 8.85. The van der Waals surface area contributed by atoms with Crippen LogP contribution in [0.25, 0.3) is 0 Å². The standard InChI is InChI=1S/C17H32N2O3/c1-13-5-3-4-6-16(13)22-10-8-18-17(21)12-19-9-7-15(11-19)14(2)20/h13-16,20H,3-12H2,1-2H3,(H,18,21). The van der Waals surface area contributed by atoms with Crippen molar-refractivity contribution in [3.63, 3.8) is 0 Å². The number of nitrogens with zero attached hydrogens (tertiary/aromatic N) is 1. The molecule has 128 valence electrons. The summed E-state index contributed by atoms with van der Waals surface area (Å²) in [6, 6.07) is 0. The molecule has 5 heteroatoms. The summed E-state index contributed by atoms with van der Waals surface area (Å²) in [5, 5.41) is 12.5. The van der Waals surface area contributed by atoms with E-state index < -0.39 is 0 Å². The molecular formula is C17H32N2O3. The highest BCUT2D eigenvalue weighted by Crippen LogP contribution is 2.26. The maximum Gasteiger partial charge on any atom is 0.234 e. The Labute approximate surface area is 134 Å². The third kappa shape index (κ3) is 5.52. The molecule has 0 aromatic rings. The Kier molecular flexibility index (Phi) is 7.12. The second kappa shape index (κ2) is 8.85. The number of hydrogen-bond acceptors (Lipinski definition) is 4. The molecule has 4 unspecified atom stereocenters. The molecule has 0 aromatic carbocycles. The van der Waals surface area contributed by atoms with Crippen LogP contribution in [0.4, 0.5) is 0 Å². The van der Waals surface area contributed by atoms with E-state index in [2.05, 4.69) is 17.1 Å². The summed E-state index contributed by atoms with van der Waals surface area (Å²) in [5.74, 6) is 1.02. The van der Waals surface area contributed by atoms with Crippen LogP contribution in [0.15, 0.2) is 0 Å². The summed E-state index contributed by atoms with van der Waals surface area (Å²) < 4.78 is 5.90. The summed E-state index contributed by atoms with van der Waals surface area (Å²) in [6.45, 7) is 7.45. The van der Waals surface area contributed by atoms with Crippen LogP contribution in [-0.2, 0) is 9.53 Å². The van der Waals surface area contributed by atoms with Crippen LogP contribution in [0, 0.1) is 11.8 Å². The fourth-order valence-electron chi connectivity index (χ4n) is 3.59. The van der Waals surface area contributed by atoms with E-state index in [9.17, 15) is 9.90 Å². The minimum atomic E-state index is -0.279. The molecule has 2 fully saturated rings. The molecule has 1 aliphatic heterocycles. The van der Waals surface area contributed by atoms with Crippen LogP contribution < -0.4 is 5.32 Å². The van der Waals surface area contributed by atoms with Gasteiger partial charge in [0.2, 0.25) is 5.91 Å². The second-order valence-electron chi connectivity index (χ2n) is 7.05. The molecule has 1 amide bonds. The highest BCUT2D eigenvalue weighted by Gasteiger charge is 2.27.